The van der Waals surface area contributed by atoms with Gasteiger partial charge in [0.1, 0.15) is 0 Å². The molecule has 0 saturated heterocycles. The first-order chi connectivity index (χ1) is 9.04. The molecule has 0 aliphatic heterocycles. The summed E-state index contributed by atoms with van der Waals surface area (Å²) in [6.45, 7) is 0.778. The van der Waals surface area contributed by atoms with Gasteiger partial charge in [-0.25, -0.2) is 18.5 Å². The van der Waals surface area contributed by atoms with Gasteiger partial charge < -0.3 is 4.90 Å². The Kier molecular flexibility index (Phi) is 3.34. The largest absolute Gasteiger partial charge is 0.340 e. The van der Waals surface area contributed by atoms with Gasteiger partial charge in [-0.15, -0.1) is 11.3 Å². The lowest BCUT2D eigenvalue weighted by Crippen LogP contribution is -2.24. The molecule has 19 heavy (non-hydrogen) atoms. The van der Waals surface area contributed by atoms with Gasteiger partial charge >= 0.3 is 0 Å². The molecule has 1 aliphatic carbocycles. The van der Waals surface area contributed by atoms with Crippen molar-refractivity contribution in [2.24, 2.45) is 5.14 Å². The Morgan fingerprint density at radius 1 is 1.47 bits per heavy atom. The van der Waals surface area contributed by atoms with Crippen LogP contribution in [0.1, 0.15) is 17.7 Å². The summed E-state index contributed by atoms with van der Waals surface area (Å²) in [6, 6.07) is 4.57. The van der Waals surface area contributed by atoms with Crippen molar-refractivity contribution >= 4 is 37.8 Å². The summed E-state index contributed by atoms with van der Waals surface area (Å²) >= 11 is 2.84. The molecule has 0 radical (unpaired) electrons. The lowest BCUT2D eigenvalue weighted by Gasteiger charge is -2.20. The Balaban J connectivity index is 1.86. The van der Waals surface area contributed by atoms with Crippen LogP contribution in [0.15, 0.2) is 27.9 Å². The molecule has 0 aromatic carbocycles. The molecule has 2 N–H and O–H groups in total. The first kappa shape index (κ1) is 13.0. The van der Waals surface area contributed by atoms with Gasteiger partial charge in [-0.3, -0.25) is 0 Å². The van der Waals surface area contributed by atoms with Crippen molar-refractivity contribution in [2.75, 3.05) is 4.90 Å². The second kappa shape index (κ2) is 4.86. The first-order valence-corrected chi connectivity index (χ1v) is 9.06. The highest BCUT2D eigenvalue weighted by Crippen LogP contribution is 2.36. The fourth-order valence-corrected chi connectivity index (χ4v) is 4.14. The maximum Gasteiger partial charge on any atom is 0.249 e. The van der Waals surface area contributed by atoms with Crippen LogP contribution in [0.4, 0.5) is 5.13 Å². The molecule has 2 aromatic rings. The smallest absolute Gasteiger partial charge is 0.249 e. The van der Waals surface area contributed by atoms with Crippen molar-refractivity contribution in [3.8, 4) is 0 Å². The molecule has 5 nitrogen and oxygen atoms in total. The average molecular weight is 315 g/mol. The van der Waals surface area contributed by atoms with E-state index in [1.54, 1.807) is 11.3 Å². The molecule has 8 heteroatoms. The van der Waals surface area contributed by atoms with Gasteiger partial charge in [-0.2, -0.15) is 0 Å². The topological polar surface area (TPSA) is 76.3 Å². The van der Waals surface area contributed by atoms with E-state index >= 15 is 0 Å². The Morgan fingerprint density at radius 2 is 2.26 bits per heavy atom. The molecule has 0 unspecified atom stereocenters. The number of thiazole rings is 1. The molecular weight excluding hydrogens is 302 g/mol. The number of sulfonamides is 1. The molecule has 2 aromatic heterocycles. The number of primary sulfonamides is 1. The summed E-state index contributed by atoms with van der Waals surface area (Å²) in [5.41, 5.74) is 0. The van der Waals surface area contributed by atoms with E-state index in [1.165, 1.54) is 11.1 Å². The highest BCUT2D eigenvalue weighted by molar-refractivity contribution is 7.91. The van der Waals surface area contributed by atoms with E-state index < -0.39 is 10.0 Å². The molecule has 3 rings (SSSR count). The number of aromatic nitrogens is 1. The van der Waals surface area contributed by atoms with E-state index in [0.717, 1.165) is 35.9 Å². The van der Waals surface area contributed by atoms with Gasteiger partial charge in [0.25, 0.3) is 0 Å². The first-order valence-electron chi connectivity index (χ1n) is 5.82. The van der Waals surface area contributed by atoms with Crippen LogP contribution in [-0.4, -0.2) is 19.4 Å². The predicted molar refractivity (Wildman–Crippen MR) is 77.0 cm³/mol. The minimum Gasteiger partial charge on any atom is -0.340 e. The number of anilines is 1. The summed E-state index contributed by atoms with van der Waals surface area (Å²) in [6.07, 6.45) is 3.62. The quantitative estimate of drug-likeness (QED) is 0.916. The molecule has 1 aliphatic rings. The van der Waals surface area contributed by atoms with Crippen molar-refractivity contribution < 1.29 is 8.42 Å². The van der Waals surface area contributed by atoms with Crippen LogP contribution in [-0.2, 0) is 16.6 Å². The number of rotatable bonds is 5. The SMILES string of the molecule is NS(=O)(=O)c1cnc(N(Cc2cccs2)C2CC2)s1. The Bertz CT molecular complexity index is 659. The summed E-state index contributed by atoms with van der Waals surface area (Å²) in [5.74, 6) is 0. The summed E-state index contributed by atoms with van der Waals surface area (Å²) in [7, 11) is -3.65. The minimum atomic E-state index is -3.65. The monoisotopic (exact) mass is 315 g/mol. The van der Waals surface area contributed by atoms with Crippen LogP contribution in [0.2, 0.25) is 0 Å². The van der Waals surface area contributed by atoms with Crippen LogP contribution < -0.4 is 10.0 Å². The number of nitrogens with zero attached hydrogens (tertiary/aromatic N) is 2. The minimum absolute atomic E-state index is 0.124. The zero-order valence-corrected chi connectivity index (χ0v) is 12.5. The molecular formula is C11H13N3O2S3. The van der Waals surface area contributed by atoms with E-state index in [9.17, 15) is 8.42 Å². The summed E-state index contributed by atoms with van der Waals surface area (Å²) < 4.78 is 22.7. The van der Waals surface area contributed by atoms with Crippen molar-refractivity contribution in [2.45, 2.75) is 29.6 Å². The maximum absolute atomic E-state index is 11.3. The summed E-state index contributed by atoms with van der Waals surface area (Å²) in [4.78, 5) is 7.64. The molecule has 0 amide bonds. The molecule has 1 saturated carbocycles. The number of nitrogens with two attached hydrogens (primary N) is 1. The fraction of sp³-hybridized carbons (Fsp3) is 0.364. The highest BCUT2D eigenvalue weighted by Gasteiger charge is 2.31. The third-order valence-electron chi connectivity index (χ3n) is 2.89. The molecule has 2 heterocycles. The van der Waals surface area contributed by atoms with E-state index in [0.29, 0.717) is 6.04 Å². The molecule has 1 fully saturated rings. The van der Waals surface area contributed by atoms with Crippen LogP contribution >= 0.6 is 22.7 Å². The van der Waals surface area contributed by atoms with E-state index in [-0.39, 0.29) is 4.21 Å². The van der Waals surface area contributed by atoms with Crippen LogP contribution in [0.3, 0.4) is 0 Å². The van der Waals surface area contributed by atoms with Crippen LogP contribution in [0.25, 0.3) is 0 Å². The normalized spacial score (nSPS) is 15.6. The van der Waals surface area contributed by atoms with Crippen molar-refractivity contribution in [1.82, 2.24) is 4.98 Å². The Morgan fingerprint density at radius 3 is 2.79 bits per heavy atom. The van der Waals surface area contributed by atoms with Gasteiger partial charge in [0, 0.05) is 10.9 Å². The third kappa shape index (κ3) is 2.97. The Hall–Kier alpha value is -0.960. The van der Waals surface area contributed by atoms with Crippen molar-refractivity contribution in [3.05, 3.63) is 28.6 Å². The average Bonchev–Trinajstić information content (AvgIpc) is 2.87. The van der Waals surface area contributed by atoms with E-state index in [2.05, 4.69) is 16.0 Å². The summed E-state index contributed by atoms with van der Waals surface area (Å²) in [5, 5.41) is 7.90. The van der Waals surface area contributed by atoms with Crippen LogP contribution in [0.5, 0.6) is 0 Å². The standard InChI is InChI=1S/C11H13N3O2S3/c12-19(15,16)10-6-13-11(18-10)14(8-3-4-8)7-9-2-1-5-17-9/h1-2,5-6,8H,3-4,7H2,(H2,12,15,16). The van der Waals surface area contributed by atoms with Gasteiger partial charge in [0.15, 0.2) is 9.34 Å². The third-order valence-corrected chi connectivity index (χ3v) is 6.20. The van der Waals surface area contributed by atoms with Crippen LogP contribution in [0, 0.1) is 0 Å². The van der Waals surface area contributed by atoms with E-state index in [1.807, 2.05) is 11.4 Å². The maximum atomic E-state index is 11.3. The van der Waals surface area contributed by atoms with Gasteiger partial charge in [0.2, 0.25) is 10.0 Å². The number of thiophene rings is 1. The lowest BCUT2D eigenvalue weighted by atomic mass is 10.4. The van der Waals surface area contributed by atoms with E-state index in [4.69, 9.17) is 5.14 Å². The lowest BCUT2D eigenvalue weighted by molar-refractivity contribution is 0.599. The zero-order valence-electron chi connectivity index (χ0n) is 10.0. The molecule has 102 valence electrons. The molecule has 0 spiro atoms. The predicted octanol–water partition coefficient (Wildman–Crippen LogP) is 2.02. The van der Waals surface area contributed by atoms with Gasteiger partial charge in [-0.05, 0) is 24.3 Å². The fourth-order valence-electron chi connectivity index (χ4n) is 1.82. The Labute approximate surface area is 119 Å². The second-order valence-electron chi connectivity index (χ2n) is 4.45. The van der Waals surface area contributed by atoms with Crippen molar-refractivity contribution in [3.63, 3.8) is 0 Å². The highest BCUT2D eigenvalue weighted by atomic mass is 32.2. The molecule has 0 atom stereocenters. The number of hydrogen-bond acceptors (Lipinski definition) is 6. The van der Waals surface area contributed by atoms with Gasteiger partial charge in [-0.1, -0.05) is 17.4 Å². The molecule has 0 bridgehead atoms. The van der Waals surface area contributed by atoms with Crippen molar-refractivity contribution in [1.29, 1.82) is 0 Å². The zero-order chi connectivity index (χ0) is 13.5. The van der Waals surface area contributed by atoms with Gasteiger partial charge in [0.05, 0.1) is 12.7 Å². The second-order valence-corrected chi connectivity index (χ2v) is 8.27. The number of hydrogen-bond donors (Lipinski definition) is 1.